The molecule has 0 aromatic heterocycles. The van der Waals surface area contributed by atoms with E-state index in [0.717, 1.165) is 19.6 Å². The van der Waals surface area contributed by atoms with Crippen LogP contribution in [0.15, 0.2) is 0 Å². The largest absolute Gasteiger partial charge is 0.373 e. The Kier molecular flexibility index (Phi) is 3.33. The fourth-order valence-corrected chi connectivity index (χ4v) is 3.10. The molecule has 3 heteroatoms. The molecule has 2 N–H and O–H groups in total. The van der Waals surface area contributed by atoms with E-state index in [-0.39, 0.29) is 5.54 Å². The zero-order valence-corrected chi connectivity index (χ0v) is 10.0. The van der Waals surface area contributed by atoms with Gasteiger partial charge in [-0.1, -0.05) is 12.8 Å². The summed E-state index contributed by atoms with van der Waals surface area (Å²) < 4.78 is 5.73. The van der Waals surface area contributed by atoms with Crippen molar-refractivity contribution >= 4 is 0 Å². The van der Waals surface area contributed by atoms with Crippen LogP contribution in [0.25, 0.3) is 0 Å². The summed E-state index contributed by atoms with van der Waals surface area (Å²) in [6.45, 7) is 7.46. The highest BCUT2D eigenvalue weighted by Gasteiger charge is 2.33. The Labute approximate surface area is 93.0 Å². The summed E-state index contributed by atoms with van der Waals surface area (Å²) >= 11 is 0. The van der Waals surface area contributed by atoms with Gasteiger partial charge in [-0.15, -0.1) is 0 Å². The van der Waals surface area contributed by atoms with Crippen LogP contribution >= 0.6 is 0 Å². The third-order valence-corrected chi connectivity index (χ3v) is 3.63. The topological polar surface area (TPSA) is 38.5 Å². The summed E-state index contributed by atoms with van der Waals surface area (Å²) in [7, 11) is 0. The number of hydrogen-bond acceptors (Lipinski definition) is 3. The lowest BCUT2D eigenvalue weighted by atomic mass is 9.98. The molecule has 0 aromatic rings. The summed E-state index contributed by atoms with van der Waals surface area (Å²) in [6.07, 6.45) is 5.75. The molecule has 3 nitrogen and oxygen atoms in total. The molecular weight excluding hydrogens is 188 g/mol. The lowest BCUT2D eigenvalue weighted by molar-refractivity contribution is -0.0725. The van der Waals surface area contributed by atoms with Gasteiger partial charge in [0.15, 0.2) is 0 Å². The first-order valence-electron chi connectivity index (χ1n) is 6.24. The second-order valence-corrected chi connectivity index (χ2v) is 5.52. The number of hydrogen-bond donors (Lipinski definition) is 1. The Morgan fingerprint density at radius 1 is 1.20 bits per heavy atom. The van der Waals surface area contributed by atoms with Gasteiger partial charge in [0.1, 0.15) is 0 Å². The zero-order valence-electron chi connectivity index (χ0n) is 10.0. The molecule has 15 heavy (non-hydrogen) atoms. The highest BCUT2D eigenvalue weighted by Crippen LogP contribution is 2.28. The quantitative estimate of drug-likeness (QED) is 0.751. The SMILES string of the molecule is CC1CN(CC2(N)CCCC2)CC(C)O1. The molecule has 0 bridgehead atoms. The second-order valence-electron chi connectivity index (χ2n) is 5.52. The van der Waals surface area contributed by atoms with Crippen molar-refractivity contribution < 1.29 is 4.74 Å². The summed E-state index contributed by atoms with van der Waals surface area (Å²) in [5.41, 5.74) is 6.49. The van der Waals surface area contributed by atoms with Gasteiger partial charge in [-0.05, 0) is 26.7 Å². The standard InChI is InChI=1S/C12H24N2O/c1-10-7-14(8-11(2)15-10)9-12(13)5-3-4-6-12/h10-11H,3-9,13H2,1-2H3. The molecule has 0 amide bonds. The zero-order chi connectivity index (χ0) is 10.9. The predicted octanol–water partition coefficient (Wildman–Crippen LogP) is 1.37. The molecular formula is C12H24N2O. The van der Waals surface area contributed by atoms with Gasteiger partial charge in [0.2, 0.25) is 0 Å². The molecule has 0 radical (unpaired) electrons. The van der Waals surface area contributed by atoms with Gasteiger partial charge >= 0.3 is 0 Å². The van der Waals surface area contributed by atoms with Gasteiger partial charge in [0.05, 0.1) is 12.2 Å². The van der Waals surface area contributed by atoms with Gasteiger partial charge in [-0.25, -0.2) is 0 Å². The molecule has 0 spiro atoms. The van der Waals surface area contributed by atoms with Crippen LogP contribution in [-0.2, 0) is 4.74 Å². The molecule has 0 aromatic carbocycles. The molecule has 88 valence electrons. The van der Waals surface area contributed by atoms with Crippen LogP contribution in [0, 0.1) is 0 Å². The van der Waals surface area contributed by atoms with Gasteiger partial charge < -0.3 is 10.5 Å². The maximum Gasteiger partial charge on any atom is 0.0678 e. The van der Waals surface area contributed by atoms with Crippen molar-refractivity contribution in [1.82, 2.24) is 4.90 Å². The molecule has 1 aliphatic heterocycles. The summed E-state index contributed by atoms with van der Waals surface area (Å²) in [5.74, 6) is 0. The van der Waals surface area contributed by atoms with E-state index in [1.807, 2.05) is 0 Å². The Balaban J connectivity index is 1.87. The average Bonchev–Trinajstić information content (AvgIpc) is 2.49. The van der Waals surface area contributed by atoms with E-state index < -0.39 is 0 Å². The van der Waals surface area contributed by atoms with Crippen molar-refractivity contribution in [3.8, 4) is 0 Å². The summed E-state index contributed by atoms with van der Waals surface area (Å²) in [6, 6.07) is 0. The molecule has 2 atom stereocenters. The van der Waals surface area contributed by atoms with Crippen LogP contribution in [0.5, 0.6) is 0 Å². The van der Waals surface area contributed by atoms with E-state index in [0.29, 0.717) is 12.2 Å². The minimum Gasteiger partial charge on any atom is -0.373 e. The third kappa shape index (κ3) is 2.92. The summed E-state index contributed by atoms with van der Waals surface area (Å²) in [4.78, 5) is 2.49. The molecule has 1 aliphatic carbocycles. The van der Waals surface area contributed by atoms with E-state index in [9.17, 15) is 0 Å². The number of morpholine rings is 1. The normalized spacial score (nSPS) is 37.0. The van der Waals surface area contributed by atoms with Crippen LogP contribution in [0.2, 0.25) is 0 Å². The first kappa shape index (κ1) is 11.4. The maximum absolute atomic E-state index is 6.40. The van der Waals surface area contributed by atoms with Crippen molar-refractivity contribution in [2.24, 2.45) is 5.73 Å². The van der Waals surface area contributed by atoms with Crippen LogP contribution < -0.4 is 5.73 Å². The fraction of sp³-hybridized carbons (Fsp3) is 1.00. The highest BCUT2D eigenvalue weighted by atomic mass is 16.5. The first-order chi connectivity index (χ1) is 7.07. The lowest BCUT2D eigenvalue weighted by Gasteiger charge is -2.39. The smallest absolute Gasteiger partial charge is 0.0678 e. The maximum atomic E-state index is 6.40. The minimum atomic E-state index is 0.0940. The summed E-state index contributed by atoms with van der Waals surface area (Å²) in [5, 5.41) is 0. The molecule has 1 saturated heterocycles. The number of rotatable bonds is 2. The Morgan fingerprint density at radius 3 is 2.27 bits per heavy atom. The molecule has 2 aliphatic rings. The molecule has 2 fully saturated rings. The number of ether oxygens (including phenoxy) is 1. The van der Waals surface area contributed by atoms with Crippen molar-refractivity contribution in [3.05, 3.63) is 0 Å². The highest BCUT2D eigenvalue weighted by molar-refractivity contribution is 4.93. The fourth-order valence-electron chi connectivity index (χ4n) is 3.10. The van der Waals surface area contributed by atoms with Crippen molar-refractivity contribution in [2.45, 2.75) is 57.3 Å². The van der Waals surface area contributed by atoms with E-state index in [2.05, 4.69) is 18.7 Å². The van der Waals surface area contributed by atoms with E-state index >= 15 is 0 Å². The van der Waals surface area contributed by atoms with Crippen LogP contribution in [0.4, 0.5) is 0 Å². The van der Waals surface area contributed by atoms with Gasteiger partial charge in [-0.2, -0.15) is 0 Å². The molecule has 2 rings (SSSR count). The lowest BCUT2D eigenvalue weighted by Crippen LogP contribution is -2.54. The van der Waals surface area contributed by atoms with Gasteiger partial charge in [0, 0.05) is 25.2 Å². The van der Waals surface area contributed by atoms with E-state index in [1.165, 1.54) is 25.7 Å². The number of nitrogens with zero attached hydrogens (tertiary/aromatic N) is 1. The van der Waals surface area contributed by atoms with Gasteiger partial charge in [0.25, 0.3) is 0 Å². The predicted molar refractivity (Wildman–Crippen MR) is 61.8 cm³/mol. The Morgan fingerprint density at radius 2 is 1.73 bits per heavy atom. The molecule has 1 saturated carbocycles. The second kappa shape index (κ2) is 4.40. The third-order valence-electron chi connectivity index (χ3n) is 3.63. The van der Waals surface area contributed by atoms with Crippen LogP contribution in [0.3, 0.4) is 0 Å². The van der Waals surface area contributed by atoms with E-state index in [4.69, 9.17) is 10.5 Å². The Hall–Kier alpha value is -0.120. The first-order valence-corrected chi connectivity index (χ1v) is 6.24. The van der Waals surface area contributed by atoms with Crippen molar-refractivity contribution in [3.63, 3.8) is 0 Å². The van der Waals surface area contributed by atoms with E-state index in [1.54, 1.807) is 0 Å². The average molecular weight is 212 g/mol. The van der Waals surface area contributed by atoms with Crippen molar-refractivity contribution in [1.29, 1.82) is 0 Å². The molecule has 1 heterocycles. The minimum absolute atomic E-state index is 0.0940. The number of nitrogens with two attached hydrogens (primary N) is 1. The van der Waals surface area contributed by atoms with Gasteiger partial charge in [-0.3, -0.25) is 4.90 Å². The monoisotopic (exact) mass is 212 g/mol. The Bertz CT molecular complexity index is 204. The van der Waals surface area contributed by atoms with Crippen LogP contribution in [0.1, 0.15) is 39.5 Å². The van der Waals surface area contributed by atoms with Crippen molar-refractivity contribution in [2.75, 3.05) is 19.6 Å². The molecule has 2 unspecified atom stereocenters. The van der Waals surface area contributed by atoms with Crippen LogP contribution in [-0.4, -0.2) is 42.3 Å².